The lowest BCUT2D eigenvalue weighted by molar-refractivity contribution is -0.343. The summed E-state index contributed by atoms with van der Waals surface area (Å²) in [5.41, 5.74) is 14.4. The van der Waals surface area contributed by atoms with Crippen LogP contribution in [0, 0.1) is 11.8 Å². The van der Waals surface area contributed by atoms with Crippen LogP contribution in [0.5, 0.6) is 0 Å². The molecule has 0 aromatic carbocycles. The van der Waals surface area contributed by atoms with E-state index in [0.717, 1.165) is 10.8 Å². The van der Waals surface area contributed by atoms with E-state index in [2.05, 4.69) is 46.5 Å². The van der Waals surface area contributed by atoms with Crippen molar-refractivity contribution in [3.8, 4) is 11.8 Å². The average molecular weight is 720 g/mol. The molecular weight excluding hydrogens is 685 g/mol. The third-order valence-electron chi connectivity index (χ3n) is 5.54. The number of aliphatic hydroxyl groups is 1. The maximum absolute atomic E-state index is 12.2. The van der Waals surface area contributed by atoms with Crippen molar-refractivity contribution in [1.82, 2.24) is 14.9 Å². The van der Waals surface area contributed by atoms with Crippen molar-refractivity contribution in [2.24, 2.45) is 10.2 Å². The van der Waals surface area contributed by atoms with Crippen molar-refractivity contribution in [1.29, 1.82) is 0 Å². The number of nitrogens with one attached hydrogen (secondary N) is 2. The molecule has 2 rings (SSSR count). The summed E-state index contributed by atoms with van der Waals surface area (Å²) in [4.78, 5) is 74.3. The second kappa shape index (κ2) is 23.1. The minimum Gasteiger partial charge on any atom is -0.790 e. The highest BCUT2D eigenvalue weighted by atomic mass is 31.2. The molecule has 0 bridgehead atoms. The molecule has 0 aliphatic carbocycles. The van der Waals surface area contributed by atoms with Crippen LogP contribution < -0.4 is 26.4 Å². The van der Waals surface area contributed by atoms with Gasteiger partial charge in [-0.2, -0.15) is 0 Å². The molecule has 1 aromatic heterocycles. The molecule has 1 amide bonds. The minimum atomic E-state index is -5.28. The summed E-state index contributed by atoms with van der Waals surface area (Å²) >= 11 is 0. The molecule has 5 atom stereocenters. The van der Waals surface area contributed by atoms with E-state index in [-0.39, 0.29) is 58.2 Å². The fraction of sp³-hybridized carbons (Fsp3) is 0.667. The standard InChI is InChI=1S/C18H25N6O11P.C6H11N3O4/c1-11(22-23-19)33-6-5-32-10-15(26)20-4-2-3-12-8-24(18(28)21-17(12)27)16-7-13(25)14(35-16)9-34-36(29,30)31;1-5(8-9-7)13-3-2-12-4-6(10)11/h8,11,13-14,16,25H,4-7,9-10H2,1H3,(H,20,26)(H,21,27,28)(H2,29,30,31);5H,2-4H2,1H3,(H,10,11)/p-2. The fourth-order valence-corrected chi connectivity index (χ4v) is 3.74. The van der Waals surface area contributed by atoms with Crippen molar-refractivity contribution in [3.63, 3.8) is 0 Å². The number of amides is 1. The predicted molar refractivity (Wildman–Crippen MR) is 158 cm³/mol. The van der Waals surface area contributed by atoms with E-state index < -0.39 is 68.4 Å². The summed E-state index contributed by atoms with van der Waals surface area (Å²) in [5.74, 6) is 3.52. The monoisotopic (exact) mass is 719 g/mol. The number of azide groups is 2. The van der Waals surface area contributed by atoms with Crippen molar-refractivity contribution in [2.75, 3.05) is 52.8 Å². The third-order valence-corrected chi connectivity index (χ3v) is 6.00. The van der Waals surface area contributed by atoms with Gasteiger partial charge in [0, 0.05) is 22.4 Å². The van der Waals surface area contributed by atoms with Crippen molar-refractivity contribution in [3.05, 3.63) is 53.5 Å². The van der Waals surface area contributed by atoms with Gasteiger partial charge in [0.2, 0.25) is 5.91 Å². The fourth-order valence-electron chi connectivity index (χ4n) is 3.41. The summed E-state index contributed by atoms with van der Waals surface area (Å²) in [7, 11) is -5.28. The summed E-state index contributed by atoms with van der Waals surface area (Å²) in [6.45, 7) is 2.17. The van der Waals surface area contributed by atoms with Crippen LogP contribution in [-0.2, 0) is 42.4 Å². The molecule has 5 unspecified atom stereocenters. The number of aliphatic hydroxyl groups excluding tert-OH is 1. The molecule has 25 heteroatoms. The Hall–Kier alpha value is -4.33. The lowest BCUT2D eigenvalue weighted by atomic mass is 10.2. The normalized spacial score (nSPS) is 17.9. The number of aliphatic carboxylic acids is 1. The smallest absolute Gasteiger partial charge is 0.330 e. The topological polar surface area (TPSA) is 358 Å². The summed E-state index contributed by atoms with van der Waals surface area (Å²) < 4.78 is 40.8. The van der Waals surface area contributed by atoms with Crippen LogP contribution in [0.4, 0.5) is 0 Å². The van der Waals surface area contributed by atoms with Gasteiger partial charge < -0.3 is 58.1 Å². The number of phosphoric acid groups is 1. The molecular formula is C24H34N9O15P-2. The molecule has 49 heavy (non-hydrogen) atoms. The lowest BCUT2D eigenvalue weighted by Gasteiger charge is -2.30. The Bertz CT molecular complexity index is 1540. The van der Waals surface area contributed by atoms with Gasteiger partial charge in [0.05, 0.1) is 53.5 Å². The molecule has 2 heterocycles. The first-order chi connectivity index (χ1) is 23.2. The summed E-state index contributed by atoms with van der Waals surface area (Å²) in [5, 5.41) is 27.2. The van der Waals surface area contributed by atoms with E-state index >= 15 is 0 Å². The molecule has 0 radical (unpaired) electrons. The lowest BCUT2D eigenvalue weighted by Crippen LogP contribution is -2.34. The Balaban J connectivity index is 0.000000779. The number of carbonyl (C=O) groups excluding carboxylic acids is 1. The van der Waals surface area contributed by atoms with Crippen molar-refractivity contribution >= 4 is 19.7 Å². The van der Waals surface area contributed by atoms with E-state index in [1.165, 1.54) is 0 Å². The average Bonchev–Trinajstić information content (AvgIpc) is 3.38. The third kappa shape index (κ3) is 19.3. The van der Waals surface area contributed by atoms with Crippen molar-refractivity contribution in [2.45, 2.75) is 51.2 Å². The second-order valence-corrected chi connectivity index (χ2v) is 10.5. The molecule has 1 aromatic rings. The summed E-state index contributed by atoms with van der Waals surface area (Å²) in [6, 6.07) is 0. The van der Waals surface area contributed by atoms with E-state index in [1.807, 2.05) is 4.98 Å². The zero-order chi connectivity index (χ0) is 36.8. The molecule has 1 aliphatic rings. The Morgan fingerprint density at radius 3 is 2.29 bits per heavy atom. The van der Waals surface area contributed by atoms with Crippen molar-refractivity contribution < 1.29 is 62.4 Å². The minimum absolute atomic E-state index is 0.0827. The Kier molecular flexibility index (Phi) is 20.1. The molecule has 272 valence electrons. The number of phosphoric ester groups is 1. The van der Waals surface area contributed by atoms with Crippen LogP contribution >= 0.6 is 7.82 Å². The Morgan fingerprint density at radius 2 is 1.73 bits per heavy atom. The molecule has 1 saturated heterocycles. The molecule has 0 spiro atoms. The predicted octanol–water partition coefficient (Wildman–Crippen LogP) is -2.05. The quantitative estimate of drug-likeness (QED) is 0.0298. The first-order valence-corrected chi connectivity index (χ1v) is 15.4. The van der Waals surface area contributed by atoms with Gasteiger partial charge in [0.15, 0.2) is 0 Å². The van der Waals surface area contributed by atoms with Crippen LogP contribution in [0.2, 0.25) is 0 Å². The van der Waals surface area contributed by atoms with Crippen LogP contribution in [0.25, 0.3) is 20.9 Å². The van der Waals surface area contributed by atoms with Gasteiger partial charge in [-0.3, -0.25) is 19.1 Å². The number of carbonyl (C=O) groups is 2. The van der Waals surface area contributed by atoms with Gasteiger partial charge in [-0.25, -0.2) is 9.59 Å². The number of carboxylic acid groups (broad SMARTS) is 1. The molecule has 1 fully saturated rings. The molecule has 4 N–H and O–H groups in total. The Labute approximate surface area is 276 Å². The maximum Gasteiger partial charge on any atom is 0.330 e. The summed E-state index contributed by atoms with van der Waals surface area (Å²) in [6.07, 6.45) is -3.82. The number of carboxylic acids is 1. The van der Waals surface area contributed by atoms with Crippen LogP contribution in [0.3, 0.4) is 0 Å². The number of rotatable bonds is 19. The second-order valence-electron chi connectivity index (χ2n) is 9.31. The number of ether oxygens (including phenoxy) is 5. The highest BCUT2D eigenvalue weighted by molar-refractivity contribution is 7.43. The van der Waals surface area contributed by atoms with E-state index in [9.17, 15) is 38.6 Å². The van der Waals surface area contributed by atoms with E-state index in [1.54, 1.807) is 13.8 Å². The highest BCUT2D eigenvalue weighted by Gasteiger charge is 2.36. The Morgan fingerprint density at radius 1 is 1.14 bits per heavy atom. The number of nitrogens with zero attached hydrogens (tertiary/aromatic N) is 7. The SMILES string of the molecule is CC(N=[N+]=[N-])OCCOCC(=O)NCC#Cc1cn(C2CC(O)C(COP(=O)([O-])[O-])O2)c(=O)[nH]c1=O.CC(N=[N+]=[N-])OCCOCC(=O)O. The zero-order valence-electron chi connectivity index (χ0n) is 26.1. The maximum atomic E-state index is 12.2. The molecule has 24 nitrogen and oxygen atoms in total. The number of hydrogen-bond acceptors (Lipinski definition) is 16. The van der Waals surface area contributed by atoms with Gasteiger partial charge in [0.1, 0.15) is 43.6 Å². The number of H-pyrrole nitrogens is 1. The first-order valence-electron chi connectivity index (χ1n) is 14.0. The van der Waals surface area contributed by atoms with Crippen LogP contribution in [-0.4, -0.2) is 109 Å². The van der Waals surface area contributed by atoms with E-state index in [4.69, 9.17) is 35.1 Å². The molecule has 1 aliphatic heterocycles. The first kappa shape index (κ1) is 42.7. The number of aromatic nitrogens is 2. The highest BCUT2D eigenvalue weighted by Crippen LogP contribution is 2.31. The van der Waals surface area contributed by atoms with Crippen LogP contribution in [0.1, 0.15) is 32.1 Å². The van der Waals surface area contributed by atoms with E-state index in [0.29, 0.717) is 0 Å². The van der Waals surface area contributed by atoms with Crippen LogP contribution in [0.15, 0.2) is 26.0 Å². The van der Waals surface area contributed by atoms with Gasteiger partial charge >= 0.3 is 11.7 Å². The van der Waals surface area contributed by atoms with Gasteiger partial charge in [-0.05, 0) is 24.9 Å². The van der Waals surface area contributed by atoms with Gasteiger partial charge in [-0.1, -0.05) is 22.1 Å². The number of hydrogen-bond donors (Lipinski definition) is 4. The number of aromatic amines is 1. The molecule has 0 saturated carbocycles. The zero-order valence-corrected chi connectivity index (χ0v) is 27.0. The van der Waals surface area contributed by atoms with Gasteiger partial charge in [-0.15, -0.1) is 0 Å². The van der Waals surface area contributed by atoms with Gasteiger partial charge in [0.25, 0.3) is 5.56 Å². The largest absolute Gasteiger partial charge is 0.790 e.